The molecular weight excluding hydrogens is 160 g/mol. The van der Waals surface area contributed by atoms with Crippen molar-refractivity contribution in [2.24, 2.45) is 0 Å². The van der Waals surface area contributed by atoms with Gasteiger partial charge in [0.2, 0.25) is 0 Å². The lowest BCUT2D eigenvalue weighted by molar-refractivity contribution is 1.50. The van der Waals surface area contributed by atoms with E-state index in [9.17, 15) is 0 Å². The van der Waals surface area contributed by atoms with Gasteiger partial charge in [0, 0.05) is 0 Å². The number of hydrogen-bond donors (Lipinski definition) is 0. The van der Waals surface area contributed by atoms with E-state index in [4.69, 9.17) is 0 Å². The second kappa shape index (κ2) is 3.28. The fraction of sp³-hybridized carbons (Fsp3) is 0.273. The van der Waals surface area contributed by atoms with E-state index in [-0.39, 0.29) is 0 Å². The van der Waals surface area contributed by atoms with Gasteiger partial charge in [-0.05, 0) is 6.92 Å². The van der Waals surface area contributed by atoms with Gasteiger partial charge in [0.1, 0.15) is 8.07 Å². The van der Waals surface area contributed by atoms with Gasteiger partial charge in [0.05, 0.1) is 0 Å². The van der Waals surface area contributed by atoms with Gasteiger partial charge < -0.3 is 0 Å². The normalized spacial score (nSPS) is 11.2. The van der Waals surface area contributed by atoms with Crippen molar-refractivity contribution in [2.45, 2.75) is 20.0 Å². The van der Waals surface area contributed by atoms with E-state index >= 15 is 0 Å². The fourth-order valence-corrected chi connectivity index (χ4v) is 3.25. The Kier molecular flexibility index (Phi) is 2.53. The molecule has 0 fully saturated rings. The standard InChI is InChI=1S/C11H16Si/c1-5-12(3,4)11-9-7-6-8-10(11)2/h5-9H,1H2,2-4H3. The summed E-state index contributed by atoms with van der Waals surface area (Å²) in [6, 6.07) is 8.60. The molecule has 0 aliphatic rings. The summed E-state index contributed by atoms with van der Waals surface area (Å²) >= 11 is 0. The molecular formula is C11H16Si. The number of hydrogen-bond acceptors (Lipinski definition) is 0. The summed E-state index contributed by atoms with van der Waals surface area (Å²) in [6.07, 6.45) is 0. The second-order valence-corrected chi connectivity index (χ2v) is 8.13. The Labute approximate surface area is 75.9 Å². The van der Waals surface area contributed by atoms with Crippen molar-refractivity contribution in [3.8, 4) is 0 Å². The highest BCUT2D eigenvalue weighted by Gasteiger charge is 2.19. The number of rotatable bonds is 2. The Morgan fingerprint density at radius 1 is 1.25 bits per heavy atom. The maximum Gasteiger partial charge on any atom is 0.103 e. The minimum atomic E-state index is -1.33. The molecule has 0 aliphatic heterocycles. The van der Waals surface area contributed by atoms with Crippen LogP contribution in [0.15, 0.2) is 36.5 Å². The second-order valence-electron chi connectivity index (χ2n) is 3.74. The minimum Gasteiger partial charge on any atom is -0.107 e. The van der Waals surface area contributed by atoms with Crippen molar-refractivity contribution < 1.29 is 0 Å². The number of benzene rings is 1. The van der Waals surface area contributed by atoms with E-state index in [1.165, 1.54) is 10.8 Å². The van der Waals surface area contributed by atoms with Crippen LogP contribution in [0.5, 0.6) is 0 Å². The zero-order chi connectivity index (χ0) is 9.19. The van der Waals surface area contributed by atoms with E-state index < -0.39 is 8.07 Å². The SMILES string of the molecule is C=C[Si](C)(C)c1ccccc1C. The van der Waals surface area contributed by atoms with Crippen LogP contribution in [-0.2, 0) is 0 Å². The Bertz CT molecular complexity index is 287. The van der Waals surface area contributed by atoms with Gasteiger partial charge in [0.25, 0.3) is 0 Å². The summed E-state index contributed by atoms with van der Waals surface area (Å²) in [4.78, 5) is 0. The largest absolute Gasteiger partial charge is 0.107 e. The summed E-state index contributed by atoms with van der Waals surface area (Å²) in [7, 11) is -1.33. The van der Waals surface area contributed by atoms with Gasteiger partial charge in [-0.1, -0.05) is 53.8 Å². The molecule has 0 aromatic heterocycles. The first-order valence-corrected chi connectivity index (χ1v) is 7.35. The number of aryl methyl sites for hydroxylation is 1. The Morgan fingerprint density at radius 2 is 1.83 bits per heavy atom. The molecule has 0 bridgehead atoms. The third-order valence-electron chi connectivity index (χ3n) is 2.35. The van der Waals surface area contributed by atoms with Gasteiger partial charge in [0.15, 0.2) is 0 Å². The van der Waals surface area contributed by atoms with Crippen LogP contribution in [0.4, 0.5) is 0 Å². The van der Waals surface area contributed by atoms with Gasteiger partial charge in [-0.3, -0.25) is 0 Å². The van der Waals surface area contributed by atoms with Gasteiger partial charge in [-0.15, -0.1) is 6.58 Å². The molecule has 0 amide bonds. The zero-order valence-electron chi connectivity index (χ0n) is 8.09. The average molecular weight is 176 g/mol. The van der Waals surface area contributed by atoms with Crippen molar-refractivity contribution in [1.29, 1.82) is 0 Å². The van der Waals surface area contributed by atoms with E-state index in [0.717, 1.165) is 0 Å². The van der Waals surface area contributed by atoms with E-state index in [1.54, 1.807) is 0 Å². The van der Waals surface area contributed by atoms with E-state index in [1.807, 2.05) is 0 Å². The molecule has 0 aliphatic carbocycles. The summed E-state index contributed by atoms with van der Waals surface area (Å²) in [5, 5.41) is 1.50. The van der Waals surface area contributed by atoms with E-state index in [2.05, 4.69) is 56.6 Å². The van der Waals surface area contributed by atoms with Crippen LogP contribution in [0.1, 0.15) is 5.56 Å². The predicted octanol–water partition coefficient (Wildman–Crippen LogP) is 2.64. The first kappa shape index (κ1) is 9.27. The van der Waals surface area contributed by atoms with Gasteiger partial charge in [-0.25, -0.2) is 0 Å². The van der Waals surface area contributed by atoms with Crippen LogP contribution in [0.2, 0.25) is 13.1 Å². The highest BCUT2D eigenvalue weighted by molar-refractivity contribution is 6.94. The fourth-order valence-electron chi connectivity index (χ4n) is 1.41. The molecule has 0 N–H and O–H groups in total. The summed E-state index contributed by atoms with van der Waals surface area (Å²) in [5.41, 5.74) is 3.53. The van der Waals surface area contributed by atoms with Gasteiger partial charge >= 0.3 is 0 Å². The van der Waals surface area contributed by atoms with Crippen molar-refractivity contribution in [3.63, 3.8) is 0 Å². The van der Waals surface area contributed by atoms with E-state index in [0.29, 0.717) is 0 Å². The average Bonchev–Trinajstić information content (AvgIpc) is 2.05. The van der Waals surface area contributed by atoms with Crippen molar-refractivity contribution in [3.05, 3.63) is 42.1 Å². The zero-order valence-corrected chi connectivity index (χ0v) is 9.09. The van der Waals surface area contributed by atoms with Crippen LogP contribution in [0, 0.1) is 6.92 Å². The van der Waals surface area contributed by atoms with Crippen LogP contribution in [-0.4, -0.2) is 8.07 Å². The van der Waals surface area contributed by atoms with Crippen LogP contribution in [0.3, 0.4) is 0 Å². The lowest BCUT2D eigenvalue weighted by atomic mass is 10.2. The molecule has 0 spiro atoms. The summed E-state index contributed by atoms with van der Waals surface area (Å²) in [6.45, 7) is 10.7. The van der Waals surface area contributed by atoms with Crippen LogP contribution in [0.25, 0.3) is 0 Å². The first-order chi connectivity index (χ1) is 5.58. The molecule has 64 valence electrons. The molecule has 0 unspecified atom stereocenters. The van der Waals surface area contributed by atoms with Crippen LogP contribution < -0.4 is 5.19 Å². The van der Waals surface area contributed by atoms with Crippen molar-refractivity contribution >= 4 is 13.3 Å². The molecule has 1 aromatic rings. The quantitative estimate of drug-likeness (QED) is 0.608. The maximum atomic E-state index is 3.91. The first-order valence-electron chi connectivity index (χ1n) is 4.27. The predicted molar refractivity (Wildman–Crippen MR) is 58.5 cm³/mol. The van der Waals surface area contributed by atoms with Crippen LogP contribution >= 0.6 is 0 Å². The molecule has 0 atom stereocenters. The Morgan fingerprint density at radius 3 is 2.33 bits per heavy atom. The summed E-state index contributed by atoms with van der Waals surface area (Å²) in [5.74, 6) is 0. The molecule has 0 saturated heterocycles. The van der Waals surface area contributed by atoms with Gasteiger partial charge in [-0.2, -0.15) is 0 Å². The third kappa shape index (κ3) is 1.67. The highest BCUT2D eigenvalue weighted by atomic mass is 28.3. The molecule has 0 heterocycles. The monoisotopic (exact) mass is 176 g/mol. The summed E-state index contributed by atoms with van der Waals surface area (Å²) < 4.78 is 0. The molecule has 1 aromatic carbocycles. The molecule has 12 heavy (non-hydrogen) atoms. The van der Waals surface area contributed by atoms with Crippen molar-refractivity contribution in [2.75, 3.05) is 0 Å². The molecule has 1 rings (SSSR count). The lowest BCUT2D eigenvalue weighted by Gasteiger charge is -2.19. The Hall–Kier alpha value is -0.823. The molecule has 1 heteroatoms. The minimum absolute atomic E-state index is 1.33. The molecule has 0 saturated carbocycles. The molecule has 0 radical (unpaired) electrons. The van der Waals surface area contributed by atoms with Crippen molar-refractivity contribution in [1.82, 2.24) is 0 Å². The highest BCUT2D eigenvalue weighted by Crippen LogP contribution is 2.07. The maximum absolute atomic E-state index is 3.91. The Balaban J connectivity index is 3.19. The lowest BCUT2D eigenvalue weighted by Crippen LogP contribution is -2.40. The smallest absolute Gasteiger partial charge is 0.103 e. The molecule has 0 nitrogen and oxygen atoms in total. The third-order valence-corrected chi connectivity index (χ3v) is 5.32. The topological polar surface area (TPSA) is 0 Å².